The molecule has 4 heteroatoms. The summed E-state index contributed by atoms with van der Waals surface area (Å²) in [6.45, 7) is 3.89. The van der Waals surface area contributed by atoms with Gasteiger partial charge in [0, 0.05) is 25.6 Å². The van der Waals surface area contributed by atoms with E-state index in [0.29, 0.717) is 17.7 Å². The lowest BCUT2D eigenvalue weighted by molar-refractivity contribution is -0.134. The van der Waals surface area contributed by atoms with Crippen LogP contribution in [0, 0.1) is 11.8 Å². The molecule has 0 aromatic heterocycles. The zero-order valence-electron chi connectivity index (χ0n) is 10.7. The summed E-state index contributed by atoms with van der Waals surface area (Å²) in [7, 11) is 0. The molecule has 0 spiro atoms. The number of carbonyl (C=O) groups excluding carboxylic acids is 1. The van der Waals surface area contributed by atoms with Crippen LogP contribution in [0.3, 0.4) is 0 Å². The second-order valence-corrected chi connectivity index (χ2v) is 5.62. The molecule has 1 amide bonds. The smallest absolute Gasteiger partial charge is 0.222 e. The Morgan fingerprint density at radius 3 is 2.53 bits per heavy atom. The van der Waals surface area contributed by atoms with Crippen molar-refractivity contribution in [1.29, 1.82) is 0 Å². The molecule has 17 heavy (non-hydrogen) atoms. The maximum absolute atomic E-state index is 12.1. The molecule has 2 atom stereocenters. The molecule has 1 saturated carbocycles. The van der Waals surface area contributed by atoms with Crippen molar-refractivity contribution in [3.05, 3.63) is 0 Å². The van der Waals surface area contributed by atoms with Crippen LogP contribution in [0.5, 0.6) is 0 Å². The molecule has 2 aliphatic rings. The van der Waals surface area contributed by atoms with Crippen LogP contribution in [0.2, 0.25) is 0 Å². The van der Waals surface area contributed by atoms with E-state index >= 15 is 0 Å². The van der Waals surface area contributed by atoms with Crippen molar-refractivity contribution in [2.75, 3.05) is 13.1 Å². The molecular formula is C13H25ClN2O. The summed E-state index contributed by atoms with van der Waals surface area (Å²) < 4.78 is 0. The van der Waals surface area contributed by atoms with E-state index in [9.17, 15) is 4.79 Å². The molecule has 0 aromatic rings. The maximum Gasteiger partial charge on any atom is 0.222 e. The number of hydrogen-bond donors (Lipinski definition) is 1. The number of piperidine rings is 1. The highest BCUT2D eigenvalue weighted by Crippen LogP contribution is 2.28. The second-order valence-electron chi connectivity index (χ2n) is 5.62. The SMILES string of the molecule is CC1CN(C(=O)CC2CCCC2)CCC1N.Cl. The minimum atomic E-state index is 0. The van der Waals surface area contributed by atoms with E-state index in [1.807, 2.05) is 4.90 Å². The number of hydrogen-bond acceptors (Lipinski definition) is 2. The van der Waals surface area contributed by atoms with Gasteiger partial charge in [-0.2, -0.15) is 0 Å². The van der Waals surface area contributed by atoms with Gasteiger partial charge in [0.2, 0.25) is 5.91 Å². The molecule has 100 valence electrons. The third-order valence-electron chi connectivity index (χ3n) is 4.26. The number of rotatable bonds is 2. The Kier molecular flexibility index (Phi) is 5.74. The van der Waals surface area contributed by atoms with E-state index in [1.165, 1.54) is 25.7 Å². The minimum Gasteiger partial charge on any atom is -0.342 e. The first-order chi connectivity index (χ1) is 7.66. The first-order valence-corrected chi connectivity index (χ1v) is 6.70. The third kappa shape index (κ3) is 3.85. The highest BCUT2D eigenvalue weighted by Gasteiger charge is 2.28. The van der Waals surface area contributed by atoms with Gasteiger partial charge >= 0.3 is 0 Å². The van der Waals surface area contributed by atoms with E-state index in [2.05, 4.69) is 6.92 Å². The highest BCUT2D eigenvalue weighted by molar-refractivity contribution is 5.85. The number of nitrogens with two attached hydrogens (primary N) is 1. The Labute approximate surface area is 111 Å². The fourth-order valence-electron chi connectivity index (χ4n) is 2.98. The molecule has 2 fully saturated rings. The number of nitrogens with zero attached hydrogens (tertiary/aromatic N) is 1. The van der Waals surface area contributed by atoms with Gasteiger partial charge in [0.05, 0.1) is 0 Å². The lowest BCUT2D eigenvalue weighted by atomic mass is 9.94. The van der Waals surface area contributed by atoms with Crippen molar-refractivity contribution >= 4 is 18.3 Å². The lowest BCUT2D eigenvalue weighted by Crippen LogP contribution is -2.48. The number of likely N-dealkylation sites (tertiary alicyclic amines) is 1. The Morgan fingerprint density at radius 1 is 1.29 bits per heavy atom. The zero-order valence-corrected chi connectivity index (χ0v) is 11.5. The molecule has 2 unspecified atom stereocenters. The summed E-state index contributed by atoms with van der Waals surface area (Å²) in [5.41, 5.74) is 5.97. The van der Waals surface area contributed by atoms with Crippen molar-refractivity contribution in [2.24, 2.45) is 17.6 Å². The van der Waals surface area contributed by atoms with Crippen LogP contribution in [0.25, 0.3) is 0 Å². The number of amides is 1. The van der Waals surface area contributed by atoms with Crippen LogP contribution in [-0.4, -0.2) is 29.9 Å². The van der Waals surface area contributed by atoms with Gasteiger partial charge in [-0.15, -0.1) is 12.4 Å². The van der Waals surface area contributed by atoms with E-state index in [0.717, 1.165) is 25.9 Å². The van der Waals surface area contributed by atoms with Crippen molar-refractivity contribution < 1.29 is 4.79 Å². The Hall–Kier alpha value is -0.280. The quantitative estimate of drug-likeness (QED) is 0.827. The normalized spacial score (nSPS) is 30.1. The van der Waals surface area contributed by atoms with Gasteiger partial charge in [0.1, 0.15) is 0 Å². The first-order valence-electron chi connectivity index (χ1n) is 6.70. The van der Waals surface area contributed by atoms with Crippen LogP contribution in [0.4, 0.5) is 0 Å². The van der Waals surface area contributed by atoms with E-state index < -0.39 is 0 Å². The van der Waals surface area contributed by atoms with Crippen LogP contribution in [-0.2, 0) is 4.79 Å². The minimum absolute atomic E-state index is 0. The van der Waals surface area contributed by atoms with Crippen LogP contribution < -0.4 is 5.73 Å². The van der Waals surface area contributed by atoms with E-state index in [1.54, 1.807) is 0 Å². The summed E-state index contributed by atoms with van der Waals surface area (Å²) in [6, 6.07) is 0.288. The summed E-state index contributed by atoms with van der Waals surface area (Å²) in [5, 5.41) is 0. The van der Waals surface area contributed by atoms with Crippen LogP contribution in [0.15, 0.2) is 0 Å². The fourth-order valence-corrected chi connectivity index (χ4v) is 2.98. The average Bonchev–Trinajstić information content (AvgIpc) is 2.74. The van der Waals surface area contributed by atoms with Gasteiger partial charge in [-0.05, 0) is 31.1 Å². The van der Waals surface area contributed by atoms with Gasteiger partial charge in [0.15, 0.2) is 0 Å². The fraction of sp³-hybridized carbons (Fsp3) is 0.923. The Balaban J connectivity index is 0.00000144. The predicted octanol–water partition coefficient (Wildman–Crippen LogP) is 2.18. The molecule has 2 N–H and O–H groups in total. The summed E-state index contributed by atoms with van der Waals surface area (Å²) >= 11 is 0. The Morgan fingerprint density at radius 2 is 1.94 bits per heavy atom. The second kappa shape index (κ2) is 6.60. The molecular weight excluding hydrogens is 236 g/mol. The molecule has 1 aliphatic carbocycles. The van der Waals surface area contributed by atoms with Gasteiger partial charge in [-0.25, -0.2) is 0 Å². The summed E-state index contributed by atoms with van der Waals surface area (Å²) in [6.07, 6.45) is 6.90. The molecule has 0 radical (unpaired) electrons. The van der Waals surface area contributed by atoms with Crippen molar-refractivity contribution in [3.63, 3.8) is 0 Å². The molecule has 1 aliphatic heterocycles. The summed E-state index contributed by atoms with van der Waals surface area (Å²) in [4.78, 5) is 14.1. The van der Waals surface area contributed by atoms with Crippen molar-refractivity contribution in [1.82, 2.24) is 4.90 Å². The average molecular weight is 261 g/mol. The first kappa shape index (κ1) is 14.8. The van der Waals surface area contributed by atoms with Gasteiger partial charge in [0.25, 0.3) is 0 Å². The van der Waals surface area contributed by atoms with Crippen LogP contribution >= 0.6 is 12.4 Å². The number of halogens is 1. The maximum atomic E-state index is 12.1. The molecule has 3 nitrogen and oxygen atoms in total. The van der Waals surface area contributed by atoms with Gasteiger partial charge in [-0.3, -0.25) is 4.79 Å². The molecule has 0 aromatic carbocycles. The van der Waals surface area contributed by atoms with Gasteiger partial charge in [-0.1, -0.05) is 19.8 Å². The van der Waals surface area contributed by atoms with Crippen LogP contribution in [0.1, 0.15) is 45.4 Å². The molecule has 1 saturated heterocycles. The predicted molar refractivity (Wildman–Crippen MR) is 72.2 cm³/mol. The highest BCUT2D eigenvalue weighted by atomic mass is 35.5. The standard InChI is InChI=1S/C13H24N2O.ClH/c1-10-9-15(7-6-12(10)14)13(16)8-11-4-2-3-5-11;/h10-12H,2-9,14H2,1H3;1H. The Bertz CT molecular complexity index is 254. The largest absolute Gasteiger partial charge is 0.342 e. The molecule has 2 rings (SSSR count). The monoisotopic (exact) mass is 260 g/mol. The molecule has 0 bridgehead atoms. The van der Waals surface area contributed by atoms with Gasteiger partial charge < -0.3 is 10.6 Å². The van der Waals surface area contributed by atoms with Crippen molar-refractivity contribution in [3.8, 4) is 0 Å². The zero-order chi connectivity index (χ0) is 11.5. The summed E-state index contributed by atoms with van der Waals surface area (Å²) in [5.74, 6) is 1.49. The van der Waals surface area contributed by atoms with E-state index in [4.69, 9.17) is 5.73 Å². The lowest BCUT2D eigenvalue weighted by Gasteiger charge is -2.35. The molecule has 1 heterocycles. The number of carbonyl (C=O) groups is 1. The topological polar surface area (TPSA) is 46.3 Å². The third-order valence-corrected chi connectivity index (χ3v) is 4.26. The van der Waals surface area contributed by atoms with E-state index in [-0.39, 0.29) is 18.4 Å². The van der Waals surface area contributed by atoms with Crippen molar-refractivity contribution in [2.45, 2.75) is 51.5 Å².